The van der Waals surface area contributed by atoms with Crippen LogP contribution in [0.4, 0.5) is 0 Å². The molecule has 0 spiro atoms. The monoisotopic (exact) mass is 331 g/mol. The first kappa shape index (κ1) is 15.5. The maximum atomic E-state index is 12.0. The Kier molecular flexibility index (Phi) is 4.16. The molecule has 2 aliphatic rings. The van der Waals surface area contributed by atoms with E-state index in [2.05, 4.69) is 4.90 Å². The Balaban J connectivity index is 1.71. The number of benzene rings is 1. The smallest absolute Gasteiger partial charge is 0.336 e. The van der Waals surface area contributed by atoms with Crippen molar-refractivity contribution in [2.45, 2.75) is 38.3 Å². The van der Waals surface area contributed by atoms with Crippen LogP contribution in [0.1, 0.15) is 31.2 Å². The normalized spacial score (nSPS) is 20.6. The van der Waals surface area contributed by atoms with Crippen molar-refractivity contribution in [2.75, 3.05) is 19.9 Å². The minimum absolute atomic E-state index is 0.190. The SMILES string of the molecule is O=c1cc(CN2CCCC[C@@H]2CCO)c2cc3c(cc2o1)OCO3. The van der Waals surface area contributed by atoms with Gasteiger partial charge in [-0.1, -0.05) is 6.42 Å². The van der Waals surface area contributed by atoms with Crippen LogP contribution < -0.4 is 15.1 Å². The van der Waals surface area contributed by atoms with E-state index in [4.69, 9.17) is 13.9 Å². The van der Waals surface area contributed by atoms with Gasteiger partial charge < -0.3 is 19.0 Å². The van der Waals surface area contributed by atoms with Crippen molar-refractivity contribution in [3.05, 3.63) is 34.2 Å². The molecule has 6 heteroatoms. The molecule has 3 heterocycles. The largest absolute Gasteiger partial charge is 0.454 e. The van der Waals surface area contributed by atoms with E-state index in [0.717, 1.165) is 36.8 Å². The lowest BCUT2D eigenvalue weighted by Crippen LogP contribution is -2.39. The molecule has 24 heavy (non-hydrogen) atoms. The van der Waals surface area contributed by atoms with Crippen LogP contribution in [0.2, 0.25) is 0 Å². The molecular weight excluding hydrogens is 310 g/mol. The Morgan fingerprint density at radius 2 is 2.00 bits per heavy atom. The van der Waals surface area contributed by atoms with Gasteiger partial charge >= 0.3 is 5.63 Å². The number of likely N-dealkylation sites (tertiary alicyclic amines) is 1. The zero-order valence-corrected chi connectivity index (χ0v) is 13.5. The van der Waals surface area contributed by atoms with Gasteiger partial charge in [-0.15, -0.1) is 0 Å². The highest BCUT2D eigenvalue weighted by atomic mass is 16.7. The Hall–Kier alpha value is -2.05. The molecule has 0 saturated carbocycles. The van der Waals surface area contributed by atoms with E-state index < -0.39 is 0 Å². The molecule has 1 fully saturated rings. The summed E-state index contributed by atoms with van der Waals surface area (Å²) >= 11 is 0. The van der Waals surface area contributed by atoms with Gasteiger partial charge in [-0.3, -0.25) is 4.90 Å². The van der Waals surface area contributed by atoms with Crippen LogP contribution in [0.5, 0.6) is 11.5 Å². The van der Waals surface area contributed by atoms with Gasteiger partial charge in [0.15, 0.2) is 11.5 Å². The Labute approximate surface area is 139 Å². The number of aliphatic hydroxyl groups is 1. The number of rotatable bonds is 4. The summed E-state index contributed by atoms with van der Waals surface area (Å²) in [5, 5.41) is 10.2. The third-order valence-corrected chi connectivity index (χ3v) is 4.91. The first-order valence-electron chi connectivity index (χ1n) is 8.46. The summed E-state index contributed by atoms with van der Waals surface area (Å²) in [5.74, 6) is 1.29. The zero-order valence-electron chi connectivity index (χ0n) is 13.5. The highest BCUT2D eigenvalue weighted by Crippen LogP contribution is 2.37. The van der Waals surface area contributed by atoms with Crippen LogP contribution in [-0.4, -0.2) is 36.0 Å². The van der Waals surface area contributed by atoms with Crippen molar-refractivity contribution in [2.24, 2.45) is 0 Å². The Morgan fingerprint density at radius 3 is 2.83 bits per heavy atom. The predicted octanol–water partition coefficient (Wildman–Crippen LogP) is 2.26. The Morgan fingerprint density at radius 1 is 1.17 bits per heavy atom. The molecule has 0 radical (unpaired) electrons. The summed E-state index contributed by atoms with van der Waals surface area (Å²) in [5.41, 5.74) is 1.11. The van der Waals surface area contributed by atoms with Crippen LogP contribution in [-0.2, 0) is 6.54 Å². The summed E-state index contributed by atoms with van der Waals surface area (Å²) < 4.78 is 16.2. The molecular formula is C18H21NO5. The fraction of sp³-hybridized carbons (Fsp3) is 0.500. The molecule has 1 saturated heterocycles. The van der Waals surface area contributed by atoms with Crippen molar-refractivity contribution >= 4 is 11.0 Å². The van der Waals surface area contributed by atoms with E-state index in [-0.39, 0.29) is 19.0 Å². The second-order valence-corrected chi connectivity index (χ2v) is 6.42. The second kappa shape index (κ2) is 6.45. The van der Waals surface area contributed by atoms with Crippen LogP contribution in [0.15, 0.2) is 27.4 Å². The van der Waals surface area contributed by atoms with Gasteiger partial charge in [-0.2, -0.15) is 0 Å². The predicted molar refractivity (Wildman–Crippen MR) is 88.4 cm³/mol. The summed E-state index contributed by atoms with van der Waals surface area (Å²) in [6.07, 6.45) is 4.20. The summed E-state index contributed by atoms with van der Waals surface area (Å²) in [4.78, 5) is 14.3. The molecule has 1 atom stereocenters. The van der Waals surface area contributed by atoms with Crippen molar-refractivity contribution in [3.63, 3.8) is 0 Å². The third kappa shape index (κ3) is 2.87. The maximum Gasteiger partial charge on any atom is 0.336 e. The fourth-order valence-corrected chi connectivity index (χ4v) is 3.71. The molecule has 128 valence electrons. The number of hydrogen-bond acceptors (Lipinski definition) is 6. The number of fused-ring (bicyclic) bond motifs is 2. The molecule has 4 rings (SSSR count). The molecule has 2 aromatic rings. The van der Waals surface area contributed by atoms with E-state index in [9.17, 15) is 9.90 Å². The van der Waals surface area contributed by atoms with Gasteiger partial charge in [0.25, 0.3) is 0 Å². The summed E-state index contributed by atoms with van der Waals surface area (Å²) in [6.45, 7) is 2.04. The molecule has 0 bridgehead atoms. The topological polar surface area (TPSA) is 72.1 Å². The van der Waals surface area contributed by atoms with Crippen molar-refractivity contribution in [1.29, 1.82) is 0 Å². The van der Waals surface area contributed by atoms with Gasteiger partial charge in [-0.25, -0.2) is 4.79 Å². The highest BCUT2D eigenvalue weighted by Gasteiger charge is 2.24. The van der Waals surface area contributed by atoms with E-state index in [0.29, 0.717) is 29.7 Å². The van der Waals surface area contributed by atoms with E-state index in [1.165, 1.54) is 6.42 Å². The van der Waals surface area contributed by atoms with Gasteiger partial charge in [0.05, 0.1) is 0 Å². The van der Waals surface area contributed by atoms with E-state index in [1.54, 1.807) is 12.1 Å². The lowest BCUT2D eigenvalue weighted by Gasteiger charge is -2.35. The standard InChI is InChI=1S/C18H21NO5/c20-6-4-13-3-1-2-5-19(13)10-12-7-18(21)24-15-9-17-16(8-14(12)15)22-11-23-17/h7-9,13,20H,1-6,10-11H2/t13-/m1/s1. The molecule has 0 unspecified atom stereocenters. The van der Waals surface area contributed by atoms with Gasteiger partial charge in [0.1, 0.15) is 5.58 Å². The lowest BCUT2D eigenvalue weighted by atomic mass is 9.98. The molecule has 6 nitrogen and oxygen atoms in total. The van der Waals surface area contributed by atoms with Crippen LogP contribution in [0.3, 0.4) is 0 Å². The third-order valence-electron chi connectivity index (χ3n) is 4.91. The molecule has 1 N–H and O–H groups in total. The highest BCUT2D eigenvalue weighted by molar-refractivity contribution is 5.84. The number of hydrogen-bond donors (Lipinski definition) is 1. The van der Waals surface area contributed by atoms with Crippen molar-refractivity contribution < 1.29 is 19.0 Å². The molecule has 0 amide bonds. The first-order valence-corrected chi connectivity index (χ1v) is 8.46. The fourth-order valence-electron chi connectivity index (χ4n) is 3.71. The van der Waals surface area contributed by atoms with Crippen LogP contribution in [0.25, 0.3) is 11.0 Å². The summed E-state index contributed by atoms with van der Waals surface area (Å²) in [6, 6.07) is 5.54. The van der Waals surface area contributed by atoms with Gasteiger partial charge in [0, 0.05) is 36.7 Å². The van der Waals surface area contributed by atoms with Crippen molar-refractivity contribution in [3.8, 4) is 11.5 Å². The lowest BCUT2D eigenvalue weighted by molar-refractivity contribution is 0.113. The van der Waals surface area contributed by atoms with Gasteiger partial charge in [-0.05, 0) is 37.4 Å². The second-order valence-electron chi connectivity index (χ2n) is 6.42. The van der Waals surface area contributed by atoms with Gasteiger partial charge in [0.2, 0.25) is 6.79 Å². The number of nitrogens with zero attached hydrogens (tertiary/aromatic N) is 1. The number of piperidine rings is 1. The van der Waals surface area contributed by atoms with Crippen molar-refractivity contribution in [1.82, 2.24) is 4.90 Å². The van der Waals surface area contributed by atoms with Crippen LogP contribution in [0, 0.1) is 0 Å². The minimum Gasteiger partial charge on any atom is -0.454 e. The molecule has 0 aliphatic carbocycles. The minimum atomic E-state index is -0.355. The average molecular weight is 331 g/mol. The quantitative estimate of drug-likeness (QED) is 0.867. The molecule has 1 aromatic heterocycles. The number of aliphatic hydroxyl groups excluding tert-OH is 1. The van der Waals surface area contributed by atoms with E-state index >= 15 is 0 Å². The Bertz CT molecular complexity index is 798. The molecule has 1 aromatic carbocycles. The molecule has 2 aliphatic heterocycles. The van der Waals surface area contributed by atoms with Crippen LogP contribution >= 0.6 is 0 Å². The summed E-state index contributed by atoms with van der Waals surface area (Å²) in [7, 11) is 0. The maximum absolute atomic E-state index is 12.0. The zero-order chi connectivity index (χ0) is 16.5. The average Bonchev–Trinajstić information content (AvgIpc) is 3.02. The first-order chi connectivity index (χ1) is 11.7. The van der Waals surface area contributed by atoms with E-state index in [1.807, 2.05) is 6.07 Å². The number of ether oxygens (including phenoxy) is 2.